The van der Waals surface area contributed by atoms with E-state index in [0.717, 1.165) is 16.5 Å². The van der Waals surface area contributed by atoms with Crippen LogP contribution < -0.4 is 10.1 Å². The van der Waals surface area contributed by atoms with Crippen molar-refractivity contribution in [1.29, 1.82) is 0 Å². The molecule has 7 nitrogen and oxygen atoms in total. The largest absolute Gasteiger partial charge is 0.481 e. The van der Waals surface area contributed by atoms with Crippen molar-refractivity contribution in [1.82, 2.24) is 15.3 Å². The fourth-order valence-electron chi connectivity index (χ4n) is 3.54. The van der Waals surface area contributed by atoms with Gasteiger partial charge in [0, 0.05) is 24.3 Å². The highest BCUT2D eigenvalue weighted by Gasteiger charge is 2.26. The van der Waals surface area contributed by atoms with Crippen molar-refractivity contribution in [3.8, 4) is 5.88 Å². The first-order chi connectivity index (χ1) is 14.5. The summed E-state index contributed by atoms with van der Waals surface area (Å²) in [7, 11) is 1.57. The molecule has 2 N–H and O–H groups in total. The molecular weight excluding hydrogens is 406 g/mol. The van der Waals surface area contributed by atoms with Gasteiger partial charge in [0.1, 0.15) is 5.69 Å². The van der Waals surface area contributed by atoms with Crippen LogP contribution in [0.25, 0.3) is 10.9 Å². The molecule has 30 heavy (non-hydrogen) atoms. The van der Waals surface area contributed by atoms with Gasteiger partial charge in [-0.1, -0.05) is 29.8 Å². The molecule has 1 fully saturated rings. The number of ether oxygens (including phenoxy) is 2. The minimum Gasteiger partial charge on any atom is -0.481 e. The number of carbonyl (C=O) groups is 1. The lowest BCUT2D eigenvalue weighted by molar-refractivity contribution is -0.0261. The van der Waals surface area contributed by atoms with Crippen molar-refractivity contribution >= 4 is 28.4 Å². The molecule has 2 atom stereocenters. The predicted molar refractivity (Wildman–Crippen MR) is 113 cm³/mol. The van der Waals surface area contributed by atoms with Gasteiger partial charge in [0.2, 0.25) is 5.88 Å². The molecule has 0 saturated carbocycles. The number of aliphatic hydroxyl groups excluding tert-OH is 1. The van der Waals surface area contributed by atoms with E-state index in [1.165, 1.54) is 0 Å². The van der Waals surface area contributed by atoms with Gasteiger partial charge in [-0.2, -0.15) is 0 Å². The third kappa shape index (κ3) is 4.38. The molecule has 1 saturated heterocycles. The van der Waals surface area contributed by atoms with Crippen molar-refractivity contribution < 1.29 is 19.4 Å². The number of para-hydroxylation sites is 1. The van der Waals surface area contributed by atoms with Gasteiger partial charge in [0.25, 0.3) is 5.91 Å². The average molecular weight is 428 g/mol. The van der Waals surface area contributed by atoms with Crippen LogP contribution in [0.15, 0.2) is 42.6 Å². The van der Waals surface area contributed by atoms with Crippen LogP contribution in [0, 0.1) is 0 Å². The van der Waals surface area contributed by atoms with Crippen molar-refractivity contribution in [2.24, 2.45) is 0 Å². The lowest BCUT2D eigenvalue weighted by Crippen LogP contribution is -2.48. The maximum Gasteiger partial charge on any atom is 0.270 e. The molecule has 0 radical (unpaired) electrons. The van der Waals surface area contributed by atoms with Gasteiger partial charge in [0.15, 0.2) is 0 Å². The zero-order valence-corrected chi connectivity index (χ0v) is 17.2. The highest BCUT2D eigenvalue weighted by molar-refractivity contribution is 6.35. The Bertz CT molecular complexity index is 1060. The van der Waals surface area contributed by atoms with Gasteiger partial charge in [-0.05, 0) is 36.1 Å². The number of nitrogens with one attached hydrogen (secondary N) is 1. The number of benzene rings is 1. The predicted octanol–water partition coefficient (Wildman–Crippen LogP) is 2.76. The third-order valence-electron chi connectivity index (χ3n) is 5.15. The number of hydrogen-bond donors (Lipinski definition) is 2. The monoisotopic (exact) mass is 427 g/mol. The van der Waals surface area contributed by atoms with Crippen molar-refractivity contribution in [3.05, 3.63) is 64.4 Å². The third-order valence-corrected chi connectivity index (χ3v) is 5.46. The zero-order chi connectivity index (χ0) is 21.1. The van der Waals surface area contributed by atoms with Crippen LogP contribution in [0.3, 0.4) is 0 Å². The molecule has 8 heteroatoms. The first-order valence-electron chi connectivity index (χ1n) is 9.69. The quantitative estimate of drug-likeness (QED) is 0.650. The lowest BCUT2D eigenvalue weighted by atomic mass is 10.0. The van der Waals surface area contributed by atoms with Crippen molar-refractivity contribution in [3.63, 3.8) is 0 Å². The first-order valence-corrected chi connectivity index (χ1v) is 10.1. The van der Waals surface area contributed by atoms with Gasteiger partial charge in [-0.3, -0.25) is 4.79 Å². The smallest absolute Gasteiger partial charge is 0.270 e. The number of aliphatic hydroxyl groups is 1. The second-order valence-electron chi connectivity index (χ2n) is 7.20. The second-order valence-corrected chi connectivity index (χ2v) is 7.61. The Labute approximate surface area is 179 Å². The van der Waals surface area contributed by atoms with E-state index in [0.29, 0.717) is 35.9 Å². The summed E-state index contributed by atoms with van der Waals surface area (Å²) in [4.78, 5) is 21.7. The highest BCUT2D eigenvalue weighted by atomic mass is 35.5. The van der Waals surface area contributed by atoms with Crippen molar-refractivity contribution in [2.75, 3.05) is 20.3 Å². The molecule has 3 heterocycles. The number of methoxy groups -OCH3 is 1. The van der Waals surface area contributed by atoms with E-state index in [1.54, 1.807) is 31.5 Å². The van der Waals surface area contributed by atoms with Crippen LogP contribution in [0.5, 0.6) is 5.88 Å². The summed E-state index contributed by atoms with van der Waals surface area (Å²) in [5.74, 6) is 0.188. The molecule has 3 aromatic rings. The SMILES string of the molecule is COc1ccc(Cc2cc(C(=O)N[C@H]3CCOC[C@@H]3O)nc3c(Cl)cccc23)cn1. The summed E-state index contributed by atoms with van der Waals surface area (Å²) in [5.41, 5.74) is 2.70. The van der Waals surface area contributed by atoms with Crippen LogP contribution in [-0.4, -0.2) is 53.5 Å². The van der Waals surface area contributed by atoms with Gasteiger partial charge in [0.05, 0.1) is 36.4 Å². The van der Waals surface area contributed by atoms with E-state index in [-0.39, 0.29) is 24.2 Å². The molecule has 1 amide bonds. The minimum atomic E-state index is -0.739. The first kappa shape index (κ1) is 20.5. The van der Waals surface area contributed by atoms with Crippen LogP contribution in [0.4, 0.5) is 0 Å². The van der Waals surface area contributed by atoms with Gasteiger partial charge in [-0.25, -0.2) is 9.97 Å². The van der Waals surface area contributed by atoms with Gasteiger partial charge < -0.3 is 19.9 Å². The summed E-state index contributed by atoms with van der Waals surface area (Å²) in [6.45, 7) is 0.701. The Hall–Kier alpha value is -2.74. The van der Waals surface area contributed by atoms with Gasteiger partial charge in [-0.15, -0.1) is 0 Å². The van der Waals surface area contributed by atoms with Crippen LogP contribution in [-0.2, 0) is 11.2 Å². The summed E-state index contributed by atoms with van der Waals surface area (Å²) in [5, 5.41) is 14.3. The highest BCUT2D eigenvalue weighted by Crippen LogP contribution is 2.27. The zero-order valence-electron chi connectivity index (χ0n) is 16.5. The van der Waals surface area contributed by atoms with E-state index < -0.39 is 6.10 Å². The Morgan fingerprint density at radius 1 is 1.37 bits per heavy atom. The van der Waals surface area contributed by atoms with E-state index in [9.17, 15) is 9.90 Å². The molecule has 1 aliphatic rings. The Morgan fingerprint density at radius 3 is 2.97 bits per heavy atom. The van der Waals surface area contributed by atoms with Crippen LogP contribution >= 0.6 is 11.6 Å². The number of aromatic nitrogens is 2. The topological polar surface area (TPSA) is 93.6 Å². The minimum absolute atomic E-state index is 0.206. The molecule has 1 aromatic carbocycles. The number of carbonyl (C=O) groups excluding carboxylic acids is 1. The maximum atomic E-state index is 12.9. The Kier molecular flexibility index (Phi) is 6.13. The molecule has 1 aliphatic heterocycles. The average Bonchev–Trinajstić information content (AvgIpc) is 2.76. The molecule has 0 unspecified atom stereocenters. The van der Waals surface area contributed by atoms with Crippen LogP contribution in [0.1, 0.15) is 28.0 Å². The standard InChI is InChI=1S/C22H22ClN3O4/c1-29-20-6-5-13(11-24-20)9-14-10-18(25-21-15(14)3-2-4-16(21)23)22(28)26-17-7-8-30-12-19(17)27/h2-6,10-11,17,19,27H,7-9,12H2,1H3,(H,26,28)/t17-,19-/m0/s1. The normalized spacial score (nSPS) is 18.9. The second kappa shape index (κ2) is 8.95. The van der Waals surface area contributed by atoms with Gasteiger partial charge >= 0.3 is 0 Å². The van der Waals surface area contributed by atoms with E-state index in [1.807, 2.05) is 18.2 Å². The number of rotatable bonds is 5. The van der Waals surface area contributed by atoms with E-state index in [2.05, 4.69) is 15.3 Å². The molecule has 0 aliphatic carbocycles. The molecule has 0 bridgehead atoms. The van der Waals surface area contributed by atoms with Crippen LogP contribution in [0.2, 0.25) is 5.02 Å². The number of hydrogen-bond acceptors (Lipinski definition) is 6. The molecular formula is C22H22ClN3O4. The Balaban J connectivity index is 1.68. The molecule has 4 rings (SSSR count). The maximum absolute atomic E-state index is 12.9. The number of amides is 1. The number of halogens is 1. The fraction of sp³-hybridized carbons (Fsp3) is 0.318. The van der Waals surface area contributed by atoms with E-state index >= 15 is 0 Å². The number of nitrogens with zero attached hydrogens (tertiary/aromatic N) is 2. The number of pyridine rings is 2. The van der Waals surface area contributed by atoms with Crippen molar-refractivity contribution in [2.45, 2.75) is 25.0 Å². The summed E-state index contributed by atoms with van der Waals surface area (Å²) < 4.78 is 10.3. The fourth-order valence-corrected chi connectivity index (χ4v) is 3.75. The Morgan fingerprint density at radius 2 is 2.23 bits per heavy atom. The molecule has 0 spiro atoms. The van der Waals surface area contributed by atoms with E-state index in [4.69, 9.17) is 21.1 Å². The molecule has 156 valence electrons. The summed E-state index contributed by atoms with van der Waals surface area (Å²) in [6.07, 6.45) is 2.10. The number of fused-ring (bicyclic) bond motifs is 1. The lowest BCUT2D eigenvalue weighted by Gasteiger charge is -2.28. The summed E-state index contributed by atoms with van der Waals surface area (Å²) in [6, 6.07) is 10.7. The summed E-state index contributed by atoms with van der Waals surface area (Å²) >= 11 is 6.38. The molecule has 2 aromatic heterocycles.